The molecular weight excluding hydrogens is 298 g/mol. The molecule has 0 radical (unpaired) electrons. The Kier molecular flexibility index (Phi) is 3.71. The van der Waals surface area contributed by atoms with Gasteiger partial charge in [-0.3, -0.25) is 0 Å². The van der Waals surface area contributed by atoms with Gasteiger partial charge in [-0.05, 0) is 22.6 Å². The topological polar surface area (TPSA) is 121 Å². The first-order valence-corrected chi connectivity index (χ1v) is 6.80. The van der Waals surface area contributed by atoms with Gasteiger partial charge in [0.1, 0.15) is 6.54 Å². The Morgan fingerprint density at radius 2 is 1.83 bits per heavy atom. The lowest BCUT2D eigenvalue weighted by Gasteiger charge is -2.10. The lowest BCUT2D eigenvalue weighted by molar-refractivity contribution is 0.606. The van der Waals surface area contributed by atoms with Gasteiger partial charge >= 0.3 is 5.69 Å². The summed E-state index contributed by atoms with van der Waals surface area (Å²) < 4.78 is 2.37. The van der Waals surface area contributed by atoms with Gasteiger partial charge in [0.2, 0.25) is 11.9 Å². The fraction of sp³-hybridized carbons (Fsp3) is 0.231. The minimum Gasteiger partial charge on any atom is -0.368 e. The molecule has 0 unspecified atom stereocenters. The van der Waals surface area contributed by atoms with Gasteiger partial charge in [0.15, 0.2) is 5.82 Å². The number of aromatic nitrogens is 7. The zero-order valence-corrected chi connectivity index (χ0v) is 12.7. The van der Waals surface area contributed by atoms with Crippen molar-refractivity contribution in [2.24, 2.45) is 0 Å². The molecule has 0 spiro atoms. The third-order valence-corrected chi connectivity index (χ3v) is 3.02. The molecule has 0 aliphatic heterocycles. The van der Waals surface area contributed by atoms with Gasteiger partial charge in [-0.15, -0.1) is 0 Å². The molecular formula is C13H15N9O. The highest BCUT2D eigenvalue weighted by atomic mass is 16.2. The summed E-state index contributed by atoms with van der Waals surface area (Å²) in [5, 5.41) is 7.72. The van der Waals surface area contributed by atoms with Crippen LogP contribution >= 0.6 is 0 Å². The largest absolute Gasteiger partial charge is 0.368 e. The number of benzene rings is 1. The van der Waals surface area contributed by atoms with Gasteiger partial charge in [-0.2, -0.15) is 24.3 Å². The number of rotatable bonds is 4. The van der Waals surface area contributed by atoms with Crippen LogP contribution in [-0.4, -0.2) is 48.8 Å². The predicted molar refractivity (Wildman–Crippen MR) is 83.3 cm³/mol. The number of tetrazole rings is 1. The van der Waals surface area contributed by atoms with Gasteiger partial charge in [-0.25, -0.2) is 4.79 Å². The summed E-state index contributed by atoms with van der Waals surface area (Å²) in [6.07, 6.45) is 0. The normalized spacial score (nSPS) is 10.7. The van der Waals surface area contributed by atoms with E-state index >= 15 is 0 Å². The van der Waals surface area contributed by atoms with Gasteiger partial charge in [0.25, 0.3) is 0 Å². The highest BCUT2D eigenvalue weighted by Gasteiger charge is 2.12. The van der Waals surface area contributed by atoms with Crippen molar-refractivity contribution < 1.29 is 0 Å². The first kappa shape index (κ1) is 14.6. The number of para-hydroxylation sites is 1. The molecule has 0 aliphatic rings. The molecule has 3 rings (SSSR count). The maximum absolute atomic E-state index is 12.4. The minimum absolute atomic E-state index is 0.0548. The van der Waals surface area contributed by atoms with E-state index in [1.165, 1.54) is 9.36 Å². The molecule has 0 atom stereocenters. The van der Waals surface area contributed by atoms with E-state index < -0.39 is 0 Å². The smallest absolute Gasteiger partial charge is 0.368 e. The minimum atomic E-state index is -0.387. The molecule has 3 aromatic rings. The van der Waals surface area contributed by atoms with Crippen LogP contribution in [0.3, 0.4) is 0 Å². The van der Waals surface area contributed by atoms with Gasteiger partial charge in [0.05, 0.1) is 5.69 Å². The molecule has 2 aromatic heterocycles. The highest BCUT2D eigenvalue weighted by Crippen LogP contribution is 2.06. The fourth-order valence-electron chi connectivity index (χ4n) is 1.93. The first-order chi connectivity index (χ1) is 11.0. The van der Waals surface area contributed by atoms with Crippen molar-refractivity contribution in [3.05, 3.63) is 46.6 Å². The summed E-state index contributed by atoms with van der Waals surface area (Å²) in [6, 6.07) is 9.03. The Morgan fingerprint density at radius 1 is 1.09 bits per heavy atom. The molecule has 118 valence electrons. The lowest BCUT2D eigenvalue weighted by Crippen LogP contribution is -2.26. The second-order valence-electron chi connectivity index (χ2n) is 4.97. The Labute approximate surface area is 131 Å². The van der Waals surface area contributed by atoms with E-state index in [0.29, 0.717) is 17.5 Å². The third-order valence-electron chi connectivity index (χ3n) is 3.02. The van der Waals surface area contributed by atoms with Crippen LogP contribution < -0.4 is 16.3 Å². The Bertz CT molecular complexity index is 869. The summed E-state index contributed by atoms with van der Waals surface area (Å²) in [5.74, 6) is 0.835. The van der Waals surface area contributed by atoms with Gasteiger partial charge in [-0.1, -0.05) is 18.2 Å². The van der Waals surface area contributed by atoms with Crippen molar-refractivity contribution in [1.29, 1.82) is 0 Å². The second-order valence-corrected chi connectivity index (χ2v) is 4.97. The summed E-state index contributed by atoms with van der Waals surface area (Å²) in [7, 11) is 3.58. The molecule has 0 bridgehead atoms. The van der Waals surface area contributed by atoms with Crippen LogP contribution in [-0.2, 0) is 6.54 Å². The molecule has 2 N–H and O–H groups in total. The molecule has 10 nitrogen and oxygen atoms in total. The average Bonchev–Trinajstić information content (AvgIpc) is 2.88. The molecule has 23 heavy (non-hydrogen) atoms. The zero-order chi connectivity index (χ0) is 16.4. The SMILES string of the molecule is CN(C)c1nc(N)nc(Cn2nnn(-c3ccccc3)c2=O)n1. The molecule has 10 heteroatoms. The van der Waals surface area contributed by atoms with Crippen molar-refractivity contribution >= 4 is 11.9 Å². The molecule has 2 heterocycles. The van der Waals surface area contributed by atoms with Crippen molar-refractivity contribution in [1.82, 2.24) is 34.7 Å². The number of nitrogen functional groups attached to an aromatic ring is 1. The van der Waals surface area contributed by atoms with Crippen LogP contribution in [0.15, 0.2) is 35.1 Å². The van der Waals surface area contributed by atoms with Crippen molar-refractivity contribution in [2.45, 2.75) is 6.54 Å². The average molecular weight is 313 g/mol. The van der Waals surface area contributed by atoms with Crippen LogP contribution in [0.4, 0.5) is 11.9 Å². The number of nitrogens with two attached hydrogens (primary N) is 1. The summed E-state index contributed by atoms with van der Waals surface area (Å²) in [5.41, 5.74) is 5.91. The molecule has 0 amide bonds. The van der Waals surface area contributed by atoms with Crippen LogP contribution in [0, 0.1) is 0 Å². The van der Waals surface area contributed by atoms with E-state index in [-0.39, 0.29) is 18.2 Å². The molecule has 0 saturated carbocycles. The second kappa shape index (κ2) is 5.83. The lowest BCUT2D eigenvalue weighted by atomic mass is 10.3. The number of hydrogen-bond donors (Lipinski definition) is 1. The van der Waals surface area contributed by atoms with Crippen LogP contribution in [0.1, 0.15) is 5.82 Å². The summed E-state index contributed by atoms with van der Waals surface area (Å²) in [6.45, 7) is 0.0548. The van der Waals surface area contributed by atoms with Crippen LogP contribution in [0.5, 0.6) is 0 Å². The van der Waals surface area contributed by atoms with Crippen molar-refractivity contribution in [3.8, 4) is 5.69 Å². The number of hydrogen-bond acceptors (Lipinski definition) is 8. The van der Waals surface area contributed by atoms with E-state index in [9.17, 15) is 4.79 Å². The maximum atomic E-state index is 12.4. The van der Waals surface area contributed by atoms with E-state index in [1.54, 1.807) is 31.1 Å². The quantitative estimate of drug-likeness (QED) is 0.672. The van der Waals surface area contributed by atoms with Gasteiger partial charge in [0, 0.05) is 14.1 Å². The zero-order valence-electron chi connectivity index (χ0n) is 12.7. The van der Waals surface area contributed by atoms with Crippen molar-refractivity contribution in [3.63, 3.8) is 0 Å². The molecule has 0 fully saturated rings. The number of anilines is 2. The number of nitrogens with zero attached hydrogens (tertiary/aromatic N) is 8. The Hall–Kier alpha value is -3.30. The predicted octanol–water partition coefficient (Wildman–Crippen LogP) is -0.689. The molecule has 1 aromatic carbocycles. The summed E-state index contributed by atoms with van der Waals surface area (Å²) in [4.78, 5) is 26.3. The van der Waals surface area contributed by atoms with E-state index in [2.05, 4.69) is 25.4 Å². The van der Waals surface area contributed by atoms with Crippen LogP contribution in [0.2, 0.25) is 0 Å². The van der Waals surface area contributed by atoms with E-state index in [4.69, 9.17) is 5.73 Å². The first-order valence-electron chi connectivity index (χ1n) is 6.80. The monoisotopic (exact) mass is 313 g/mol. The van der Waals surface area contributed by atoms with E-state index in [0.717, 1.165) is 0 Å². The standard InChI is InChI=1S/C13H15N9O/c1-20(2)12-16-10(15-11(14)17-12)8-21-13(23)22(19-18-21)9-6-4-3-5-7-9/h3-7H,8H2,1-2H3,(H2,14,15,16,17). The maximum Gasteiger partial charge on any atom is 0.368 e. The highest BCUT2D eigenvalue weighted by molar-refractivity contribution is 5.32. The molecule has 0 saturated heterocycles. The summed E-state index contributed by atoms with van der Waals surface area (Å²) >= 11 is 0. The molecule has 0 aliphatic carbocycles. The third kappa shape index (κ3) is 3.00. The van der Waals surface area contributed by atoms with Crippen molar-refractivity contribution in [2.75, 3.05) is 24.7 Å². The van der Waals surface area contributed by atoms with Crippen LogP contribution in [0.25, 0.3) is 5.69 Å². The van der Waals surface area contributed by atoms with Gasteiger partial charge < -0.3 is 10.6 Å². The van der Waals surface area contributed by atoms with E-state index in [1.807, 2.05) is 18.2 Å². The Morgan fingerprint density at radius 3 is 2.52 bits per heavy atom. The fourth-order valence-corrected chi connectivity index (χ4v) is 1.93. The Balaban J connectivity index is 1.93.